The first-order chi connectivity index (χ1) is 17.5. The molecule has 0 unspecified atom stereocenters. The molecular formula is C26H38FN7O2. The lowest BCUT2D eigenvalue weighted by atomic mass is 9.99. The minimum Gasteiger partial charge on any atom is -0.494 e. The summed E-state index contributed by atoms with van der Waals surface area (Å²) in [6.07, 6.45) is 9.74. The molecule has 1 amide bonds. The van der Waals surface area contributed by atoms with Crippen LogP contribution in [0.2, 0.25) is 0 Å². The number of amides is 1. The van der Waals surface area contributed by atoms with Crippen LogP contribution in [-0.4, -0.2) is 52.0 Å². The molecule has 1 aliphatic carbocycles. The number of piperidine rings is 1. The Hall–Kier alpha value is -3.01. The van der Waals surface area contributed by atoms with Gasteiger partial charge >= 0.3 is 0 Å². The Balaban J connectivity index is 1.56. The van der Waals surface area contributed by atoms with Gasteiger partial charge in [-0.3, -0.25) is 9.80 Å². The molecule has 2 aliphatic rings. The average molecular weight is 500 g/mol. The third kappa shape index (κ3) is 6.40. The Bertz CT molecular complexity index is 1020. The van der Waals surface area contributed by atoms with Gasteiger partial charge in [0, 0.05) is 37.2 Å². The van der Waals surface area contributed by atoms with E-state index in [1.807, 2.05) is 11.8 Å². The van der Waals surface area contributed by atoms with Crippen molar-refractivity contribution in [2.24, 2.45) is 5.84 Å². The van der Waals surface area contributed by atoms with Crippen molar-refractivity contribution in [2.45, 2.75) is 83.1 Å². The van der Waals surface area contributed by atoms with Crippen molar-refractivity contribution in [2.75, 3.05) is 30.5 Å². The molecular weight excluding hydrogens is 461 g/mol. The van der Waals surface area contributed by atoms with Crippen molar-refractivity contribution in [3.05, 3.63) is 29.8 Å². The number of hydrazine groups is 1. The van der Waals surface area contributed by atoms with Crippen LogP contribution >= 0.6 is 0 Å². The number of methoxy groups -OCH3 is 1. The van der Waals surface area contributed by atoms with E-state index in [4.69, 9.17) is 20.5 Å². The number of ether oxygens (including phenoxy) is 1. The largest absolute Gasteiger partial charge is 0.494 e. The number of hydrogen-bond donors (Lipinski definition) is 2. The fraction of sp³-hybridized carbons (Fsp3) is 0.615. The SMILES string of the molecule is CCCC(=O)N1CCC(N(N)c2nc(Nc3ccc(OC)c(F)c3)nc(C3CCCCCC3)n2)CC1. The van der Waals surface area contributed by atoms with Gasteiger partial charge in [-0.1, -0.05) is 32.6 Å². The van der Waals surface area contributed by atoms with Crippen molar-refractivity contribution < 1.29 is 13.9 Å². The molecule has 2 fully saturated rings. The van der Waals surface area contributed by atoms with Crippen molar-refractivity contribution in [3.63, 3.8) is 0 Å². The first-order valence-electron chi connectivity index (χ1n) is 13.2. The first kappa shape index (κ1) is 26.1. The molecule has 1 aromatic heterocycles. The highest BCUT2D eigenvalue weighted by Crippen LogP contribution is 2.32. The predicted octanol–water partition coefficient (Wildman–Crippen LogP) is 4.67. The van der Waals surface area contributed by atoms with E-state index in [0.717, 1.165) is 50.8 Å². The molecule has 1 saturated carbocycles. The molecule has 36 heavy (non-hydrogen) atoms. The normalized spacial score (nSPS) is 17.5. The third-order valence-corrected chi connectivity index (χ3v) is 7.17. The fourth-order valence-electron chi connectivity index (χ4n) is 5.07. The van der Waals surface area contributed by atoms with Crippen LogP contribution in [0, 0.1) is 5.82 Å². The number of carbonyl (C=O) groups is 1. The standard InChI is InChI=1S/C26H38FN7O2/c1-3-8-23(35)33-15-13-20(14-16-33)34(28)26-31-24(18-9-6-4-5-7-10-18)30-25(32-26)29-19-11-12-22(36-2)21(27)17-19/h11-12,17-18,20H,3-10,13-16,28H2,1-2H3,(H,29,30,31,32). The molecule has 0 spiro atoms. The molecule has 3 N–H and O–H groups in total. The monoisotopic (exact) mass is 499 g/mol. The van der Waals surface area contributed by atoms with E-state index in [1.54, 1.807) is 17.1 Å². The number of carbonyl (C=O) groups excluding carboxylic acids is 1. The van der Waals surface area contributed by atoms with E-state index in [2.05, 4.69) is 10.3 Å². The summed E-state index contributed by atoms with van der Waals surface area (Å²) >= 11 is 0. The van der Waals surface area contributed by atoms with Gasteiger partial charge in [0.1, 0.15) is 5.82 Å². The maximum Gasteiger partial charge on any atom is 0.245 e. The molecule has 196 valence electrons. The molecule has 2 heterocycles. The number of aromatic nitrogens is 3. The number of benzene rings is 1. The number of nitrogens with zero attached hydrogens (tertiary/aromatic N) is 5. The van der Waals surface area contributed by atoms with Crippen LogP contribution in [0.5, 0.6) is 5.75 Å². The van der Waals surface area contributed by atoms with Crippen LogP contribution in [0.25, 0.3) is 0 Å². The van der Waals surface area contributed by atoms with Crippen LogP contribution in [0.3, 0.4) is 0 Å². The number of likely N-dealkylation sites (tertiary alicyclic amines) is 1. The fourth-order valence-corrected chi connectivity index (χ4v) is 5.07. The summed E-state index contributed by atoms with van der Waals surface area (Å²) in [6, 6.07) is 4.66. The lowest BCUT2D eigenvalue weighted by Crippen LogP contribution is -2.50. The van der Waals surface area contributed by atoms with Crippen LogP contribution in [-0.2, 0) is 4.79 Å². The molecule has 0 radical (unpaired) electrons. The Labute approximate surface area is 212 Å². The lowest BCUT2D eigenvalue weighted by Gasteiger charge is -2.36. The quantitative estimate of drug-likeness (QED) is 0.306. The highest BCUT2D eigenvalue weighted by atomic mass is 19.1. The van der Waals surface area contributed by atoms with Crippen molar-refractivity contribution in [1.29, 1.82) is 0 Å². The second-order valence-corrected chi connectivity index (χ2v) is 9.75. The van der Waals surface area contributed by atoms with E-state index in [-0.39, 0.29) is 23.6 Å². The Kier molecular flexibility index (Phi) is 8.90. The van der Waals surface area contributed by atoms with Crippen molar-refractivity contribution >= 4 is 23.5 Å². The summed E-state index contributed by atoms with van der Waals surface area (Å²) in [5.41, 5.74) is 0.517. The Morgan fingerprint density at radius 1 is 1.14 bits per heavy atom. The summed E-state index contributed by atoms with van der Waals surface area (Å²) < 4.78 is 19.3. The van der Waals surface area contributed by atoms with Gasteiger partial charge in [0.2, 0.25) is 17.8 Å². The topological polar surface area (TPSA) is 110 Å². The maximum atomic E-state index is 14.3. The van der Waals surface area contributed by atoms with Crippen LogP contribution in [0.1, 0.15) is 82.9 Å². The predicted molar refractivity (Wildman–Crippen MR) is 138 cm³/mol. The zero-order chi connectivity index (χ0) is 25.5. The summed E-state index contributed by atoms with van der Waals surface area (Å²) in [5.74, 6) is 8.20. The molecule has 0 bridgehead atoms. The summed E-state index contributed by atoms with van der Waals surface area (Å²) in [5, 5.41) is 4.76. The number of nitrogens with one attached hydrogen (secondary N) is 1. The van der Waals surface area contributed by atoms with Crippen molar-refractivity contribution in [3.8, 4) is 5.75 Å². The molecule has 0 atom stereocenters. The zero-order valence-electron chi connectivity index (χ0n) is 21.4. The maximum absolute atomic E-state index is 14.3. The van der Waals surface area contributed by atoms with Gasteiger partial charge < -0.3 is 15.0 Å². The van der Waals surface area contributed by atoms with E-state index in [1.165, 1.54) is 26.0 Å². The Morgan fingerprint density at radius 3 is 2.50 bits per heavy atom. The van der Waals surface area contributed by atoms with Gasteiger partial charge in [-0.15, -0.1) is 0 Å². The average Bonchev–Trinajstić information content (AvgIpc) is 3.18. The molecule has 1 saturated heterocycles. The van der Waals surface area contributed by atoms with E-state index < -0.39 is 5.82 Å². The van der Waals surface area contributed by atoms with Crippen LogP contribution in [0.15, 0.2) is 18.2 Å². The number of nitrogens with two attached hydrogens (primary N) is 1. The van der Waals surface area contributed by atoms with Gasteiger partial charge in [-0.05, 0) is 44.2 Å². The number of hydrogen-bond acceptors (Lipinski definition) is 8. The minimum atomic E-state index is -0.467. The van der Waals surface area contributed by atoms with Crippen LogP contribution in [0.4, 0.5) is 22.0 Å². The van der Waals surface area contributed by atoms with Gasteiger partial charge in [0.25, 0.3) is 0 Å². The van der Waals surface area contributed by atoms with Crippen LogP contribution < -0.4 is 20.9 Å². The Morgan fingerprint density at radius 2 is 1.86 bits per heavy atom. The van der Waals surface area contributed by atoms with E-state index >= 15 is 0 Å². The smallest absolute Gasteiger partial charge is 0.245 e. The molecule has 1 aromatic carbocycles. The summed E-state index contributed by atoms with van der Waals surface area (Å²) in [4.78, 5) is 28.3. The van der Waals surface area contributed by atoms with Crippen molar-refractivity contribution in [1.82, 2.24) is 19.9 Å². The highest BCUT2D eigenvalue weighted by Gasteiger charge is 2.28. The third-order valence-electron chi connectivity index (χ3n) is 7.17. The summed E-state index contributed by atoms with van der Waals surface area (Å²) in [6.45, 7) is 3.37. The zero-order valence-corrected chi connectivity index (χ0v) is 21.4. The summed E-state index contributed by atoms with van der Waals surface area (Å²) in [7, 11) is 1.43. The van der Waals surface area contributed by atoms with E-state index in [0.29, 0.717) is 37.1 Å². The van der Waals surface area contributed by atoms with Gasteiger partial charge in [-0.25, -0.2) is 10.2 Å². The lowest BCUT2D eigenvalue weighted by molar-refractivity contribution is -0.132. The first-order valence-corrected chi connectivity index (χ1v) is 13.2. The minimum absolute atomic E-state index is 0.0198. The number of rotatable bonds is 8. The molecule has 2 aromatic rings. The van der Waals surface area contributed by atoms with Gasteiger partial charge in [0.15, 0.2) is 11.6 Å². The van der Waals surface area contributed by atoms with E-state index in [9.17, 15) is 9.18 Å². The molecule has 4 rings (SSSR count). The second-order valence-electron chi connectivity index (χ2n) is 9.75. The molecule has 1 aliphatic heterocycles. The molecule has 9 nitrogen and oxygen atoms in total. The van der Waals surface area contributed by atoms with Gasteiger partial charge in [-0.2, -0.15) is 15.0 Å². The highest BCUT2D eigenvalue weighted by molar-refractivity contribution is 5.76. The molecule has 10 heteroatoms. The second kappa shape index (κ2) is 12.3. The number of anilines is 3. The number of halogens is 1. The van der Waals surface area contributed by atoms with Gasteiger partial charge in [0.05, 0.1) is 13.2 Å².